The standard InChI is InChI=1S/C13H19NO3/c1-3-12(13(14)15)17-11-6-4-10(5-7-11)8-9-16-2/h4-7,12H,3,8-9H2,1-2H3,(H2,14,15). The van der Waals surface area contributed by atoms with Gasteiger partial charge in [0.15, 0.2) is 6.10 Å². The van der Waals surface area contributed by atoms with Crippen molar-refractivity contribution in [3.8, 4) is 5.75 Å². The van der Waals surface area contributed by atoms with Crippen LogP contribution in [0.5, 0.6) is 5.75 Å². The maximum atomic E-state index is 11.0. The molecule has 0 aliphatic rings. The van der Waals surface area contributed by atoms with Crippen molar-refractivity contribution < 1.29 is 14.3 Å². The molecule has 0 spiro atoms. The second-order valence-corrected chi connectivity index (χ2v) is 3.80. The summed E-state index contributed by atoms with van der Waals surface area (Å²) in [5.41, 5.74) is 6.38. The van der Waals surface area contributed by atoms with Crippen molar-refractivity contribution in [2.75, 3.05) is 13.7 Å². The summed E-state index contributed by atoms with van der Waals surface area (Å²) >= 11 is 0. The SMILES string of the molecule is CCC(Oc1ccc(CCOC)cc1)C(N)=O. The Labute approximate surface area is 102 Å². The summed E-state index contributed by atoms with van der Waals surface area (Å²) in [5, 5.41) is 0. The molecule has 1 aromatic carbocycles. The number of methoxy groups -OCH3 is 1. The normalized spacial score (nSPS) is 12.1. The van der Waals surface area contributed by atoms with E-state index in [1.54, 1.807) is 7.11 Å². The van der Waals surface area contributed by atoms with E-state index in [0.29, 0.717) is 18.8 Å². The molecule has 1 atom stereocenters. The van der Waals surface area contributed by atoms with Crippen molar-refractivity contribution in [3.05, 3.63) is 29.8 Å². The van der Waals surface area contributed by atoms with Gasteiger partial charge >= 0.3 is 0 Å². The zero-order chi connectivity index (χ0) is 12.7. The van der Waals surface area contributed by atoms with Gasteiger partial charge in [-0.1, -0.05) is 19.1 Å². The summed E-state index contributed by atoms with van der Waals surface area (Å²) in [6.07, 6.45) is 0.879. The number of primary amides is 1. The number of benzene rings is 1. The van der Waals surface area contributed by atoms with Crippen LogP contribution in [0.2, 0.25) is 0 Å². The van der Waals surface area contributed by atoms with Gasteiger partial charge in [0, 0.05) is 7.11 Å². The van der Waals surface area contributed by atoms with Crippen LogP contribution in [0.25, 0.3) is 0 Å². The largest absolute Gasteiger partial charge is 0.481 e. The summed E-state index contributed by atoms with van der Waals surface area (Å²) in [6, 6.07) is 7.61. The topological polar surface area (TPSA) is 61.6 Å². The van der Waals surface area contributed by atoms with Gasteiger partial charge in [0.05, 0.1) is 6.61 Å². The first-order valence-corrected chi connectivity index (χ1v) is 5.71. The summed E-state index contributed by atoms with van der Waals surface area (Å²) < 4.78 is 10.5. The lowest BCUT2D eigenvalue weighted by Gasteiger charge is -2.14. The van der Waals surface area contributed by atoms with E-state index in [2.05, 4.69) is 0 Å². The molecule has 0 heterocycles. The number of ether oxygens (including phenoxy) is 2. The summed E-state index contributed by atoms with van der Waals surface area (Å²) in [7, 11) is 1.68. The molecule has 4 heteroatoms. The van der Waals surface area contributed by atoms with E-state index in [-0.39, 0.29) is 0 Å². The summed E-state index contributed by atoms with van der Waals surface area (Å²) in [6.45, 7) is 2.56. The van der Waals surface area contributed by atoms with Gasteiger partial charge in [-0.15, -0.1) is 0 Å². The Morgan fingerprint density at radius 2 is 2.00 bits per heavy atom. The van der Waals surface area contributed by atoms with E-state index in [1.165, 1.54) is 5.56 Å². The van der Waals surface area contributed by atoms with E-state index in [1.807, 2.05) is 31.2 Å². The first kappa shape index (κ1) is 13.5. The molecule has 0 fully saturated rings. The van der Waals surface area contributed by atoms with Crippen LogP contribution >= 0.6 is 0 Å². The van der Waals surface area contributed by atoms with Crippen molar-refractivity contribution in [3.63, 3.8) is 0 Å². The van der Waals surface area contributed by atoms with Gasteiger partial charge in [0.1, 0.15) is 5.75 Å². The number of carbonyl (C=O) groups is 1. The lowest BCUT2D eigenvalue weighted by atomic mass is 10.1. The molecule has 17 heavy (non-hydrogen) atoms. The summed E-state index contributed by atoms with van der Waals surface area (Å²) in [4.78, 5) is 11.0. The number of hydrogen-bond acceptors (Lipinski definition) is 3. The van der Waals surface area contributed by atoms with Crippen LogP contribution in [-0.4, -0.2) is 25.7 Å². The van der Waals surface area contributed by atoms with Gasteiger partial charge in [-0.2, -0.15) is 0 Å². The molecule has 0 saturated carbocycles. The fourth-order valence-electron chi connectivity index (χ4n) is 1.46. The van der Waals surface area contributed by atoms with Gasteiger partial charge in [-0.25, -0.2) is 0 Å². The minimum absolute atomic E-state index is 0.434. The lowest BCUT2D eigenvalue weighted by molar-refractivity contribution is -0.124. The zero-order valence-electron chi connectivity index (χ0n) is 10.3. The number of hydrogen-bond donors (Lipinski definition) is 1. The average Bonchev–Trinajstić information content (AvgIpc) is 2.34. The average molecular weight is 237 g/mol. The molecule has 0 aliphatic carbocycles. The minimum atomic E-state index is -0.556. The van der Waals surface area contributed by atoms with Crippen molar-refractivity contribution >= 4 is 5.91 Å². The molecule has 1 aromatic rings. The van der Waals surface area contributed by atoms with E-state index in [0.717, 1.165) is 6.42 Å². The molecule has 0 saturated heterocycles. The van der Waals surface area contributed by atoms with Crippen molar-refractivity contribution in [2.24, 2.45) is 5.73 Å². The predicted octanol–water partition coefficient (Wildman–Crippen LogP) is 1.52. The van der Waals surface area contributed by atoms with Gasteiger partial charge in [-0.3, -0.25) is 4.79 Å². The zero-order valence-corrected chi connectivity index (χ0v) is 10.3. The maximum absolute atomic E-state index is 11.0. The number of carbonyl (C=O) groups excluding carboxylic acids is 1. The molecule has 0 radical (unpaired) electrons. The highest BCUT2D eigenvalue weighted by molar-refractivity contribution is 5.79. The lowest BCUT2D eigenvalue weighted by Crippen LogP contribution is -2.32. The third-order valence-corrected chi connectivity index (χ3v) is 2.48. The maximum Gasteiger partial charge on any atom is 0.258 e. The highest BCUT2D eigenvalue weighted by atomic mass is 16.5. The molecule has 0 aromatic heterocycles. The first-order chi connectivity index (χ1) is 8.17. The van der Waals surface area contributed by atoms with E-state index < -0.39 is 12.0 Å². The van der Waals surface area contributed by atoms with Crippen molar-refractivity contribution in [2.45, 2.75) is 25.9 Å². The number of rotatable bonds is 7. The molecule has 0 aliphatic heterocycles. The monoisotopic (exact) mass is 237 g/mol. The van der Waals surface area contributed by atoms with Crippen LogP contribution in [0.15, 0.2) is 24.3 Å². The first-order valence-electron chi connectivity index (χ1n) is 5.71. The van der Waals surface area contributed by atoms with Crippen LogP contribution in [0.3, 0.4) is 0 Å². The predicted molar refractivity (Wildman–Crippen MR) is 65.9 cm³/mol. The molecular weight excluding hydrogens is 218 g/mol. The highest BCUT2D eigenvalue weighted by Gasteiger charge is 2.14. The van der Waals surface area contributed by atoms with Crippen LogP contribution in [-0.2, 0) is 16.0 Å². The molecular formula is C13H19NO3. The second-order valence-electron chi connectivity index (χ2n) is 3.80. The van der Waals surface area contributed by atoms with E-state index in [4.69, 9.17) is 15.2 Å². The summed E-state index contributed by atoms with van der Waals surface area (Å²) in [5.74, 6) is 0.229. The second kappa shape index (κ2) is 6.91. The van der Waals surface area contributed by atoms with Gasteiger partial charge in [0.2, 0.25) is 0 Å². The quantitative estimate of drug-likeness (QED) is 0.782. The molecule has 1 unspecified atom stereocenters. The van der Waals surface area contributed by atoms with Crippen LogP contribution in [0, 0.1) is 0 Å². The molecule has 2 N–H and O–H groups in total. The van der Waals surface area contributed by atoms with Gasteiger partial charge in [0.25, 0.3) is 5.91 Å². The smallest absolute Gasteiger partial charge is 0.258 e. The Bertz CT molecular complexity index is 348. The Balaban J connectivity index is 2.58. The van der Waals surface area contributed by atoms with Crippen molar-refractivity contribution in [1.29, 1.82) is 0 Å². The van der Waals surface area contributed by atoms with E-state index >= 15 is 0 Å². The fraction of sp³-hybridized carbons (Fsp3) is 0.462. The minimum Gasteiger partial charge on any atom is -0.481 e. The third kappa shape index (κ3) is 4.44. The molecule has 94 valence electrons. The Kier molecular flexibility index (Phi) is 5.49. The van der Waals surface area contributed by atoms with Crippen LogP contribution in [0.1, 0.15) is 18.9 Å². The fourth-order valence-corrected chi connectivity index (χ4v) is 1.46. The molecule has 0 bridgehead atoms. The Morgan fingerprint density at radius 1 is 1.35 bits per heavy atom. The molecule has 1 rings (SSSR count). The molecule has 1 amide bonds. The molecule has 4 nitrogen and oxygen atoms in total. The number of amides is 1. The van der Waals surface area contributed by atoms with Crippen molar-refractivity contribution in [1.82, 2.24) is 0 Å². The van der Waals surface area contributed by atoms with Gasteiger partial charge in [-0.05, 0) is 30.5 Å². The number of nitrogens with two attached hydrogens (primary N) is 1. The Morgan fingerprint density at radius 3 is 2.47 bits per heavy atom. The highest BCUT2D eigenvalue weighted by Crippen LogP contribution is 2.15. The third-order valence-electron chi connectivity index (χ3n) is 2.48. The van der Waals surface area contributed by atoms with Crippen LogP contribution in [0.4, 0.5) is 0 Å². The van der Waals surface area contributed by atoms with Gasteiger partial charge < -0.3 is 15.2 Å². The van der Waals surface area contributed by atoms with Crippen LogP contribution < -0.4 is 10.5 Å². The van der Waals surface area contributed by atoms with E-state index in [9.17, 15) is 4.79 Å². The Hall–Kier alpha value is -1.55.